The summed E-state index contributed by atoms with van der Waals surface area (Å²) in [7, 11) is 0. The molecule has 9 nitrogen and oxygen atoms in total. The zero-order chi connectivity index (χ0) is 27.2. The number of rotatable bonds is 7. The molecule has 1 fully saturated rings. The fraction of sp³-hybridized carbons (Fsp3) is 0.414. The standard InChI is InChI=1S/C29H38N6O3/c1-6-21(4)26-18-25(31-28(30)35(26)32-22(5)27-11-8-16-37-27)23-9-7-10-24(17-23)33-12-14-34(15-13-33)29(36)38-19-20(2)3/h7-11,16-18,20H,6,12-15,19H2,1-5H3,(H2,30,31)/b26-21+,32-22+. The smallest absolute Gasteiger partial charge is 0.409 e. The Morgan fingerprint density at radius 3 is 2.58 bits per heavy atom. The zero-order valence-electron chi connectivity index (χ0n) is 23.0. The Bertz CT molecular complexity index is 1250. The van der Waals surface area contributed by atoms with Crippen LogP contribution < -0.4 is 10.6 Å². The van der Waals surface area contributed by atoms with Crippen molar-refractivity contribution in [3.63, 3.8) is 0 Å². The van der Waals surface area contributed by atoms with Gasteiger partial charge in [-0.1, -0.05) is 32.9 Å². The Balaban J connectivity index is 1.53. The van der Waals surface area contributed by atoms with Crippen molar-refractivity contribution in [2.75, 3.05) is 37.7 Å². The highest BCUT2D eigenvalue weighted by Gasteiger charge is 2.24. The first-order chi connectivity index (χ1) is 18.3. The number of ether oxygens (including phenoxy) is 1. The number of benzene rings is 1. The van der Waals surface area contributed by atoms with E-state index >= 15 is 0 Å². The van der Waals surface area contributed by atoms with Crippen LogP contribution in [0.1, 0.15) is 52.4 Å². The third kappa shape index (κ3) is 6.27. The van der Waals surface area contributed by atoms with Gasteiger partial charge in [-0.3, -0.25) is 0 Å². The fourth-order valence-electron chi connectivity index (χ4n) is 4.28. The maximum atomic E-state index is 12.3. The van der Waals surface area contributed by atoms with Crippen molar-refractivity contribution < 1.29 is 13.9 Å². The first-order valence-electron chi connectivity index (χ1n) is 13.2. The van der Waals surface area contributed by atoms with Gasteiger partial charge in [0.15, 0.2) is 0 Å². The lowest BCUT2D eigenvalue weighted by Gasteiger charge is -2.35. The van der Waals surface area contributed by atoms with Gasteiger partial charge in [0.05, 0.1) is 24.3 Å². The number of guanidine groups is 1. The summed E-state index contributed by atoms with van der Waals surface area (Å²) in [6.07, 6.45) is 4.28. The van der Waals surface area contributed by atoms with Gasteiger partial charge < -0.3 is 24.7 Å². The van der Waals surface area contributed by atoms with E-state index in [0.29, 0.717) is 43.0 Å². The number of carbonyl (C=O) groups excluding carboxylic acids is 1. The number of piperazine rings is 1. The highest BCUT2D eigenvalue weighted by atomic mass is 16.6. The highest BCUT2D eigenvalue weighted by molar-refractivity contribution is 5.98. The lowest BCUT2D eigenvalue weighted by molar-refractivity contribution is 0.0901. The van der Waals surface area contributed by atoms with Crippen LogP contribution in [0.3, 0.4) is 0 Å². The van der Waals surface area contributed by atoms with Crippen LogP contribution in [0.25, 0.3) is 5.70 Å². The molecule has 4 rings (SSSR count). The number of anilines is 1. The summed E-state index contributed by atoms with van der Waals surface area (Å²) >= 11 is 0. The SMILES string of the molecule is CC/C(C)=C1\C=C(c2cccc(N3CCN(C(=O)OCC(C)C)CC3)c2)N=C(N)N1/N=C(\C)c1ccco1. The number of hydrogen-bond donors (Lipinski definition) is 1. The molecule has 2 aliphatic rings. The monoisotopic (exact) mass is 518 g/mol. The maximum absolute atomic E-state index is 12.3. The quantitative estimate of drug-likeness (QED) is 0.501. The molecule has 9 heteroatoms. The van der Waals surface area contributed by atoms with Gasteiger partial charge in [-0.15, -0.1) is 0 Å². The summed E-state index contributed by atoms with van der Waals surface area (Å²) in [5.74, 6) is 1.31. The van der Waals surface area contributed by atoms with Crippen molar-refractivity contribution >= 4 is 29.1 Å². The van der Waals surface area contributed by atoms with Crippen LogP contribution in [-0.4, -0.2) is 60.5 Å². The van der Waals surface area contributed by atoms with Gasteiger partial charge in [0.1, 0.15) is 11.5 Å². The van der Waals surface area contributed by atoms with Crippen molar-refractivity contribution in [1.29, 1.82) is 0 Å². The second kappa shape index (κ2) is 12.0. The summed E-state index contributed by atoms with van der Waals surface area (Å²) < 4.78 is 10.9. The lowest BCUT2D eigenvalue weighted by Crippen LogP contribution is -2.49. The molecule has 1 saturated heterocycles. The Labute approximate surface area is 224 Å². The number of carbonyl (C=O) groups is 1. The normalized spacial score (nSPS) is 17.9. The van der Waals surface area contributed by atoms with E-state index in [4.69, 9.17) is 25.0 Å². The Morgan fingerprint density at radius 1 is 1.16 bits per heavy atom. The fourth-order valence-corrected chi connectivity index (χ4v) is 4.28. The number of amides is 1. The minimum absolute atomic E-state index is 0.232. The molecule has 0 spiro atoms. The molecule has 1 amide bonds. The molecule has 0 atom stereocenters. The third-order valence-corrected chi connectivity index (χ3v) is 6.63. The van der Waals surface area contributed by atoms with E-state index in [0.717, 1.165) is 47.7 Å². The molecule has 0 radical (unpaired) electrons. The summed E-state index contributed by atoms with van der Waals surface area (Å²) in [5.41, 5.74) is 12.1. The van der Waals surface area contributed by atoms with E-state index in [1.165, 1.54) is 0 Å². The van der Waals surface area contributed by atoms with E-state index in [9.17, 15) is 4.79 Å². The van der Waals surface area contributed by atoms with Crippen molar-refractivity contribution in [1.82, 2.24) is 9.91 Å². The van der Waals surface area contributed by atoms with Crippen molar-refractivity contribution in [3.8, 4) is 0 Å². The number of nitrogens with two attached hydrogens (primary N) is 1. The van der Waals surface area contributed by atoms with Gasteiger partial charge in [0, 0.05) is 37.4 Å². The van der Waals surface area contributed by atoms with Crippen LogP contribution in [0.4, 0.5) is 10.5 Å². The van der Waals surface area contributed by atoms with Gasteiger partial charge in [-0.2, -0.15) is 5.10 Å². The summed E-state index contributed by atoms with van der Waals surface area (Å²) in [6, 6.07) is 12.0. The van der Waals surface area contributed by atoms with Crippen LogP contribution in [-0.2, 0) is 4.74 Å². The van der Waals surface area contributed by atoms with Crippen LogP contribution in [0.5, 0.6) is 0 Å². The molecule has 202 valence electrons. The predicted molar refractivity (Wildman–Crippen MR) is 152 cm³/mol. The molecule has 3 heterocycles. The number of nitrogens with zero attached hydrogens (tertiary/aromatic N) is 5. The van der Waals surface area contributed by atoms with Crippen LogP contribution >= 0.6 is 0 Å². The third-order valence-electron chi connectivity index (χ3n) is 6.63. The predicted octanol–water partition coefficient (Wildman–Crippen LogP) is 5.27. The second-order valence-electron chi connectivity index (χ2n) is 9.99. The molecule has 2 N–H and O–H groups in total. The van der Waals surface area contributed by atoms with Gasteiger partial charge in [0.2, 0.25) is 5.96 Å². The average Bonchev–Trinajstić information content (AvgIpc) is 3.48. The molecule has 38 heavy (non-hydrogen) atoms. The van der Waals surface area contributed by atoms with Crippen molar-refractivity contribution in [3.05, 3.63) is 71.3 Å². The molecule has 0 bridgehead atoms. The highest BCUT2D eigenvalue weighted by Crippen LogP contribution is 2.30. The lowest BCUT2D eigenvalue weighted by atomic mass is 10.1. The van der Waals surface area contributed by atoms with Gasteiger partial charge in [-0.25, -0.2) is 14.8 Å². The van der Waals surface area contributed by atoms with E-state index < -0.39 is 0 Å². The van der Waals surface area contributed by atoms with E-state index in [-0.39, 0.29) is 6.09 Å². The summed E-state index contributed by atoms with van der Waals surface area (Å²) in [4.78, 5) is 21.1. The van der Waals surface area contributed by atoms with Crippen molar-refractivity contribution in [2.45, 2.75) is 41.0 Å². The van der Waals surface area contributed by atoms with Crippen LogP contribution in [0.15, 0.2) is 74.5 Å². The molecule has 2 aromatic rings. The number of hydrogen-bond acceptors (Lipinski definition) is 8. The van der Waals surface area contributed by atoms with E-state index in [2.05, 4.69) is 30.9 Å². The van der Waals surface area contributed by atoms with Crippen LogP contribution in [0.2, 0.25) is 0 Å². The Hall–Kier alpha value is -4.01. The molecule has 0 saturated carbocycles. The molecule has 1 aromatic heterocycles. The minimum atomic E-state index is -0.232. The molecule has 0 aliphatic carbocycles. The molecule has 2 aliphatic heterocycles. The minimum Gasteiger partial charge on any atom is -0.463 e. The van der Waals surface area contributed by atoms with Crippen molar-refractivity contribution in [2.24, 2.45) is 21.7 Å². The molecular formula is C29H38N6O3. The van der Waals surface area contributed by atoms with Gasteiger partial charge >= 0.3 is 6.09 Å². The summed E-state index contributed by atoms with van der Waals surface area (Å²) in [6.45, 7) is 13.3. The van der Waals surface area contributed by atoms with Crippen LogP contribution in [0, 0.1) is 5.92 Å². The summed E-state index contributed by atoms with van der Waals surface area (Å²) in [5, 5.41) is 6.40. The van der Waals surface area contributed by atoms with E-state index in [1.807, 2.05) is 51.1 Å². The second-order valence-corrected chi connectivity index (χ2v) is 9.99. The van der Waals surface area contributed by atoms with Gasteiger partial charge in [-0.05, 0) is 62.1 Å². The number of aliphatic imine (C=N–C) groups is 1. The number of allylic oxidation sites excluding steroid dienone is 2. The average molecular weight is 519 g/mol. The number of furan rings is 1. The molecular weight excluding hydrogens is 480 g/mol. The zero-order valence-corrected chi connectivity index (χ0v) is 23.0. The van der Waals surface area contributed by atoms with E-state index in [1.54, 1.807) is 16.2 Å². The first-order valence-corrected chi connectivity index (χ1v) is 13.2. The number of hydrazone groups is 1. The topological polar surface area (TPSA) is 99.9 Å². The Morgan fingerprint density at radius 2 is 1.92 bits per heavy atom. The van der Waals surface area contributed by atoms with Gasteiger partial charge in [0.25, 0.3) is 0 Å². The maximum Gasteiger partial charge on any atom is 0.409 e. The molecule has 0 unspecified atom stereocenters. The largest absolute Gasteiger partial charge is 0.463 e. The Kier molecular flexibility index (Phi) is 8.55. The first kappa shape index (κ1) is 27.0. The molecule has 1 aromatic carbocycles.